The van der Waals surface area contributed by atoms with E-state index in [0.717, 1.165) is 17.3 Å². The molecular weight excluding hydrogens is 326 g/mol. The first-order chi connectivity index (χ1) is 12.2. The fourth-order valence-electron chi connectivity index (χ4n) is 3.39. The Hall–Kier alpha value is -0.690. The lowest BCUT2D eigenvalue weighted by molar-refractivity contribution is 0.537. The summed E-state index contributed by atoms with van der Waals surface area (Å²) in [7, 11) is 0. The molecule has 1 aromatic rings. The van der Waals surface area contributed by atoms with Crippen molar-refractivity contribution in [1.82, 2.24) is 0 Å². The number of hydrogen-bond acceptors (Lipinski definition) is 1. The fourth-order valence-corrected chi connectivity index (χ4v) is 3.68. The van der Waals surface area contributed by atoms with Gasteiger partial charge in [0.1, 0.15) is 0 Å². The van der Waals surface area contributed by atoms with Crippen LogP contribution in [0.1, 0.15) is 102 Å². The van der Waals surface area contributed by atoms with Crippen molar-refractivity contribution in [3.8, 4) is 0 Å². The highest BCUT2D eigenvalue weighted by Gasteiger charge is 1.97. The van der Waals surface area contributed by atoms with Crippen LogP contribution >= 0.6 is 11.6 Å². The van der Waals surface area contributed by atoms with Gasteiger partial charge in [0.15, 0.2) is 0 Å². The van der Waals surface area contributed by atoms with Crippen molar-refractivity contribution in [1.29, 1.82) is 0 Å². The average molecular weight is 366 g/mol. The molecule has 1 aromatic carbocycles. The first-order valence-corrected chi connectivity index (χ1v) is 11.1. The number of hydrogen-bond donors (Lipinski definition) is 1. The monoisotopic (exact) mass is 365 g/mol. The molecule has 2 heteroatoms. The SMILES string of the molecule is CCCCCCCCCCCCCCCCNc1cc(C)cc(Cl)c1. The van der Waals surface area contributed by atoms with Gasteiger partial charge in [0.05, 0.1) is 0 Å². The van der Waals surface area contributed by atoms with Gasteiger partial charge >= 0.3 is 0 Å². The zero-order chi connectivity index (χ0) is 18.2. The zero-order valence-electron chi connectivity index (χ0n) is 16.7. The lowest BCUT2D eigenvalue weighted by atomic mass is 10.0. The molecule has 0 radical (unpaired) electrons. The second kappa shape index (κ2) is 15.6. The van der Waals surface area contributed by atoms with E-state index in [4.69, 9.17) is 11.6 Å². The molecule has 1 N–H and O–H groups in total. The third-order valence-corrected chi connectivity index (χ3v) is 5.12. The molecule has 0 unspecified atom stereocenters. The summed E-state index contributed by atoms with van der Waals surface area (Å²) < 4.78 is 0. The van der Waals surface area contributed by atoms with Gasteiger partial charge in [-0.25, -0.2) is 0 Å². The normalized spacial score (nSPS) is 11.0. The largest absolute Gasteiger partial charge is 0.385 e. The minimum atomic E-state index is 0.823. The van der Waals surface area contributed by atoms with Gasteiger partial charge in [-0.1, -0.05) is 102 Å². The molecular formula is C23H40ClN. The van der Waals surface area contributed by atoms with Crippen molar-refractivity contribution in [2.45, 2.75) is 104 Å². The highest BCUT2D eigenvalue weighted by atomic mass is 35.5. The first-order valence-electron chi connectivity index (χ1n) is 10.7. The summed E-state index contributed by atoms with van der Waals surface area (Å²) in [6.07, 6.45) is 19.7. The highest BCUT2D eigenvalue weighted by Crippen LogP contribution is 2.18. The lowest BCUT2D eigenvalue weighted by Gasteiger charge is -2.08. The molecule has 0 spiro atoms. The van der Waals surface area contributed by atoms with E-state index in [0.29, 0.717) is 0 Å². The van der Waals surface area contributed by atoms with Gasteiger partial charge in [0.2, 0.25) is 0 Å². The second-order valence-electron chi connectivity index (χ2n) is 7.54. The molecule has 1 rings (SSSR count). The Bertz CT molecular complexity index is 410. The zero-order valence-corrected chi connectivity index (χ0v) is 17.5. The predicted molar refractivity (Wildman–Crippen MR) is 115 cm³/mol. The van der Waals surface area contributed by atoms with E-state index >= 15 is 0 Å². The van der Waals surface area contributed by atoms with Crippen LogP contribution in [0, 0.1) is 6.92 Å². The van der Waals surface area contributed by atoms with Gasteiger partial charge in [0.25, 0.3) is 0 Å². The van der Waals surface area contributed by atoms with E-state index in [9.17, 15) is 0 Å². The van der Waals surface area contributed by atoms with E-state index < -0.39 is 0 Å². The molecule has 0 aromatic heterocycles. The molecule has 0 heterocycles. The van der Waals surface area contributed by atoms with Crippen LogP contribution in [-0.4, -0.2) is 6.54 Å². The van der Waals surface area contributed by atoms with Crippen molar-refractivity contribution in [3.05, 3.63) is 28.8 Å². The molecule has 0 saturated heterocycles. The van der Waals surface area contributed by atoms with Gasteiger partial charge in [0, 0.05) is 17.3 Å². The summed E-state index contributed by atoms with van der Waals surface area (Å²) in [6, 6.07) is 6.17. The maximum atomic E-state index is 6.08. The maximum absolute atomic E-state index is 6.08. The van der Waals surface area contributed by atoms with Crippen LogP contribution in [-0.2, 0) is 0 Å². The van der Waals surface area contributed by atoms with E-state index in [1.165, 1.54) is 95.5 Å². The fraction of sp³-hybridized carbons (Fsp3) is 0.739. The van der Waals surface area contributed by atoms with Gasteiger partial charge in [-0.3, -0.25) is 0 Å². The Morgan fingerprint density at radius 1 is 0.680 bits per heavy atom. The van der Waals surface area contributed by atoms with Gasteiger partial charge in [-0.15, -0.1) is 0 Å². The van der Waals surface area contributed by atoms with Crippen LogP contribution in [0.25, 0.3) is 0 Å². The predicted octanol–water partition coefficient (Wildman–Crippen LogP) is 8.54. The minimum absolute atomic E-state index is 0.823. The summed E-state index contributed by atoms with van der Waals surface area (Å²) in [5, 5.41) is 4.31. The summed E-state index contributed by atoms with van der Waals surface area (Å²) >= 11 is 6.08. The Morgan fingerprint density at radius 2 is 1.16 bits per heavy atom. The molecule has 0 aliphatic heterocycles. The van der Waals surface area contributed by atoms with Crippen LogP contribution in [0.15, 0.2) is 18.2 Å². The van der Waals surface area contributed by atoms with Crippen molar-refractivity contribution < 1.29 is 0 Å². The molecule has 0 bridgehead atoms. The molecule has 0 amide bonds. The molecule has 0 fully saturated rings. The molecule has 0 aliphatic carbocycles. The topological polar surface area (TPSA) is 12.0 Å². The van der Waals surface area contributed by atoms with Crippen molar-refractivity contribution >= 4 is 17.3 Å². The van der Waals surface area contributed by atoms with Crippen LogP contribution in [0.4, 0.5) is 5.69 Å². The van der Waals surface area contributed by atoms with Crippen molar-refractivity contribution in [2.24, 2.45) is 0 Å². The van der Waals surface area contributed by atoms with Gasteiger partial charge in [-0.05, 0) is 37.1 Å². The number of rotatable bonds is 16. The highest BCUT2D eigenvalue weighted by molar-refractivity contribution is 6.30. The van der Waals surface area contributed by atoms with Gasteiger partial charge in [-0.2, -0.15) is 0 Å². The number of nitrogens with one attached hydrogen (secondary N) is 1. The van der Waals surface area contributed by atoms with E-state index in [-0.39, 0.29) is 0 Å². The molecule has 0 atom stereocenters. The molecule has 25 heavy (non-hydrogen) atoms. The Kier molecular flexibility index (Phi) is 13.9. The lowest BCUT2D eigenvalue weighted by Crippen LogP contribution is -2.01. The summed E-state index contributed by atoms with van der Waals surface area (Å²) in [4.78, 5) is 0. The minimum Gasteiger partial charge on any atom is -0.385 e. The summed E-state index contributed by atoms with van der Waals surface area (Å²) in [6.45, 7) is 5.43. The molecule has 0 saturated carbocycles. The first kappa shape index (κ1) is 22.4. The quantitative estimate of drug-likeness (QED) is 0.289. The van der Waals surface area contributed by atoms with Gasteiger partial charge < -0.3 is 5.32 Å². The van der Waals surface area contributed by atoms with Crippen molar-refractivity contribution in [2.75, 3.05) is 11.9 Å². The van der Waals surface area contributed by atoms with Crippen LogP contribution in [0.5, 0.6) is 0 Å². The molecule has 144 valence electrons. The van der Waals surface area contributed by atoms with E-state index in [1.54, 1.807) is 0 Å². The number of halogens is 1. The Labute approximate surface area is 161 Å². The average Bonchev–Trinajstić information content (AvgIpc) is 2.57. The smallest absolute Gasteiger partial charge is 0.0429 e. The third-order valence-electron chi connectivity index (χ3n) is 4.90. The number of aryl methyl sites for hydroxylation is 1. The standard InChI is InChI=1S/C23H40ClN/c1-3-4-5-6-7-8-9-10-11-12-13-14-15-16-17-25-23-19-21(2)18-22(24)20-23/h18-20,25H,3-17H2,1-2H3. The Balaban J connectivity index is 1.81. The number of anilines is 1. The summed E-state index contributed by atoms with van der Waals surface area (Å²) in [5.41, 5.74) is 2.37. The van der Waals surface area contributed by atoms with E-state index in [1.807, 2.05) is 12.1 Å². The summed E-state index contributed by atoms with van der Waals surface area (Å²) in [5.74, 6) is 0. The third kappa shape index (κ3) is 13.2. The van der Waals surface area contributed by atoms with Crippen molar-refractivity contribution in [3.63, 3.8) is 0 Å². The van der Waals surface area contributed by atoms with E-state index in [2.05, 4.69) is 25.2 Å². The molecule has 0 aliphatic rings. The second-order valence-corrected chi connectivity index (χ2v) is 7.98. The molecule has 1 nitrogen and oxygen atoms in total. The van der Waals surface area contributed by atoms with Crippen LogP contribution in [0.3, 0.4) is 0 Å². The van der Waals surface area contributed by atoms with Crippen LogP contribution < -0.4 is 5.32 Å². The maximum Gasteiger partial charge on any atom is 0.0429 e. The number of benzene rings is 1. The Morgan fingerprint density at radius 3 is 1.64 bits per heavy atom. The van der Waals surface area contributed by atoms with Crippen LogP contribution in [0.2, 0.25) is 5.02 Å². The number of unbranched alkanes of at least 4 members (excludes halogenated alkanes) is 13.